The van der Waals surface area contributed by atoms with E-state index in [1.165, 1.54) is 0 Å². The van der Waals surface area contributed by atoms with Gasteiger partial charge >= 0.3 is 0 Å². The van der Waals surface area contributed by atoms with Gasteiger partial charge < -0.3 is 14.8 Å². The number of carbonyl (C=O) groups excluding carboxylic acids is 1. The Morgan fingerprint density at radius 1 is 1.15 bits per heavy atom. The quantitative estimate of drug-likeness (QED) is 0.527. The van der Waals surface area contributed by atoms with Crippen molar-refractivity contribution < 1.29 is 14.3 Å². The summed E-state index contributed by atoms with van der Waals surface area (Å²) in [6.07, 6.45) is 1.42. The highest BCUT2D eigenvalue weighted by atomic mass is 32.2. The lowest BCUT2D eigenvalue weighted by molar-refractivity contribution is -0.116. The van der Waals surface area contributed by atoms with Crippen molar-refractivity contribution in [2.24, 2.45) is 0 Å². The number of hydrogen-bond acceptors (Lipinski definition) is 5. The number of para-hydroxylation sites is 1. The Balaban J connectivity index is 1.96. The van der Waals surface area contributed by atoms with Crippen LogP contribution in [0.2, 0.25) is 0 Å². The second-order valence-corrected chi connectivity index (χ2v) is 6.66. The lowest BCUT2D eigenvalue weighted by atomic mass is 10.1. The molecule has 0 saturated carbocycles. The van der Waals surface area contributed by atoms with Crippen LogP contribution in [0.5, 0.6) is 11.5 Å². The van der Waals surface area contributed by atoms with Crippen LogP contribution in [0.25, 0.3) is 0 Å². The zero-order valence-corrected chi connectivity index (χ0v) is 15.8. The summed E-state index contributed by atoms with van der Waals surface area (Å²) in [4.78, 5) is 13.3. The van der Waals surface area contributed by atoms with E-state index in [1.807, 2.05) is 36.4 Å². The minimum atomic E-state index is -0.0554. The summed E-state index contributed by atoms with van der Waals surface area (Å²) in [5.74, 6) is 2.06. The molecule has 0 saturated heterocycles. The molecular formula is C20H22N2O3S. The topological polar surface area (TPSA) is 71.3 Å². The fourth-order valence-corrected chi connectivity index (χ4v) is 3.25. The van der Waals surface area contributed by atoms with Crippen LogP contribution in [0.1, 0.15) is 18.4 Å². The Kier molecular flexibility index (Phi) is 7.84. The van der Waals surface area contributed by atoms with E-state index < -0.39 is 0 Å². The number of thioether (sulfide) groups is 1. The van der Waals surface area contributed by atoms with Crippen molar-refractivity contribution in [2.75, 3.05) is 25.3 Å². The lowest BCUT2D eigenvalue weighted by Crippen LogP contribution is -2.13. The number of aryl methyl sites for hydroxylation is 1. The van der Waals surface area contributed by atoms with Gasteiger partial charge in [0.25, 0.3) is 0 Å². The predicted octanol–water partition coefficient (Wildman–Crippen LogP) is 4.28. The molecule has 26 heavy (non-hydrogen) atoms. The molecule has 0 radical (unpaired) electrons. The molecule has 2 aromatic carbocycles. The summed E-state index contributed by atoms with van der Waals surface area (Å²) in [6, 6.07) is 15.4. The number of benzene rings is 2. The number of nitrogens with zero attached hydrogens (tertiary/aromatic N) is 1. The first-order valence-electron chi connectivity index (χ1n) is 8.27. The van der Waals surface area contributed by atoms with Gasteiger partial charge in [-0.2, -0.15) is 5.26 Å². The highest BCUT2D eigenvalue weighted by Gasteiger charge is 2.09. The van der Waals surface area contributed by atoms with E-state index in [-0.39, 0.29) is 5.91 Å². The maximum atomic E-state index is 12.3. The largest absolute Gasteiger partial charge is 0.497 e. The van der Waals surface area contributed by atoms with Crippen molar-refractivity contribution in [1.82, 2.24) is 0 Å². The van der Waals surface area contributed by atoms with Gasteiger partial charge in [0.05, 0.1) is 26.0 Å². The average molecular weight is 370 g/mol. The van der Waals surface area contributed by atoms with Crippen LogP contribution in [0, 0.1) is 11.3 Å². The lowest BCUT2D eigenvalue weighted by Gasteiger charge is -2.11. The van der Waals surface area contributed by atoms with Crippen LogP contribution < -0.4 is 14.8 Å². The highest BCUT2D eigenvalue weighted by molar-refractivity contribution is 7.99. The SMILES string of the molecule is COc1cc(CCC(=O)Nc2ccccc2SCCC#N)cc(OC)c1. The Bertz CT molecular complexity index is 765. The number of amides is 1. The number of methoxy groups -OCH3 is 2. The minimum absolute atomic E-state index is 0.0554. The predicted molar refractivity (Wildman–Crippen MR) is 104 cm³/mol. The summed E-state index contributed by atoms with van der Waals surface area (Å²) < 4.78 is 10.5. The second kappa shape index (κ2) is 10.4. The van der Waals surface area contributed by atoms with Crippen LogP contribution in [0.3, 0.4) is 0 Å². The van der Waals surface area contributed by atoms with Gasteiger partial charge in [-0.25, -0.2) is 0 Å². The molecule has 0 heterocycles. The average Bonchev–Trinajstić information content (AvgIpc) is 2.67. The van der Waals surface area contributed by atoms with Crippen LogP contribution in [-0.4, -0.2) is 25.9 Å². The molecule has 0 fully saturated rings. The summed E-state index contributed by atoms with van der Waals surface area (Å²) in [7, 11) is 3.21. The molecule has 2 rings (SSSR count). The molecular weight excluding hydrogens is 348 g/mol. The molecule has 6 heteroatoms. The smallest absolute Gasteiger partial charge is 0.224 e. The van der Waals surface area contributed by atoms with Gasteiger partial charge in [-0.15, -0.1) is 11.8 Å². The number of hydrogen-bond donors (Lipinski definition) is 1. The fraction of sp³-hybridized carbons (Fsp3) is 0.300. The van der Waals surface area contributed by atoms with Gasteiger partial charge in [0.15, 0.2) is 0 Å². The highest BCUT2D eigenvalue weighted by Crippen LogP contribution is 2.28. The number of nitrogens with one attached hydrogen (secondary N) is 1. The standard InChI is InChI=1S/C20H22N2O3S/c1-24-16-12-15(13-17(14-16)25-2)8-9-20(23)22-18-6-3-4-7-19(18)26-11-5-10-21/h3-4,6-7,12-14H,5,8-9,11H2,1-2H3,(H,22,23). The van der Waals surface area contributed by atoms with Crippen LogP contribution in [-0.2, 0) is 11.2 Å². The number of rotatable bonds is 9. The number of nitriles is 1. The van der Waals surface area contributed by atoms with E-state index >= 15 is 0 Å². The fourth-order valence-electron chi connectivity index (χ4n) is 2.38. The van der Waals surface area contributed by atoms with Crippen molar-refractivity contribution in [2.45, 2.75) is 24.2 Å². The molecule has 0 aliphatic rings. The molecule has 0 atom stereocenters. The maximum Gasteiger partial charge on any atom is 0.224 e. The van der Waals surface area contributed by atoms with Gasteiger partial charge in [-0.3, -0.25) is 4.79 Å². The third-order valence-corrected chi connectivity index (χ3v) is 4.76. The maximum absolute atomic E-state index is 12.3. The van der Waals surface area contributed by atoms with E-state index in [0.29, 0.717) is 36.5 Å². The third kappa shape index (κ3) is 6.01. The van der Waals surface area contributed by atoms with Crippen LogP contribution in [0.4, 0.5) is 5.69 Å². The molecule has 136 valence electrons. The molecule has 0 aromatic heterocycles. The zero-order valence-electron chi connectivity index (χ0n) is 15.0. The summed E-state index contributed by atoms with van der Waals surface area (Å²) in [5.41, 5.74) is 1.76. The molecule has 0 aliphatic carbocycles. The summed E-state index contributed by atoms with van der Waals surface area (Å²) in [6.45, 7) is 0. The molecule has 0 aliphatic heterocycles. The summed E-state index contributed by atoms with van der Waals surface area (Å²) in [5, 5.41) is 11.6. The van der Waals surface area contributed by atoms with Crippen molar-refractivity contribution in [3.05, 3.63) is 48.0 Å². The number of anilines is 1. The van der Waals surface area contributed by atoms with E-state index in [4.69, 9.17) is 14.7 Å². The molecule has 1 amide bonds. The van der Waals surface area contributed by atoms with E-state index in [1.54, 1.807) is 32.0 Å². The second-order valence-electron chi connectivity index (χ2n) is 5.52. The van der Waals surface area contributed by atoms with Crippen molar-refractivity contribution in [3.63, 3.8) is 0 Å². The van der Waals surface area contributed by atoms with Crippen LogP contribution >= 0.6 is 11.8 Å². The first-order chi connectivity index (χ1) is 12.7. The van der Waals surface area contributed by atoms with Crippen molar-refractivity contribution in [1.29, 1.82) is 5.26 Å². The minimum Gasteiger partial charge on any atom is -0.497 e. The van der Waals surface area contributed by atoms with Gasteiger partial charge in [-0.05, 0) is 36.2 Å². The first kappa shape index (κ1) is 19.7. The number of carbonyl (C=O) groups is 1. The third-order valence-electron chi connectivity index (χ3n) is 3.68. The Morgan fingerprint density at radius 2 is 1.85 bits per heavy atom. The molecule has 0 unspecified atom stereocenters. The zero-order chi connectivity index (χ0) is 18.8. The Morgan fingerprint density at radius 3 is 2.50 bits per heavy atom. The number of ether oxygens (including phenoxy) is 2. The molecule has 0 bridgehead atoms. The van der Waals surface area contributed by atoms with E-state index in [9.17, 15) is 4.79 Å². The molecule has 0 spiro atoms. The van der Waals surface area contributed by atoms with Gasteiger partial charge in [0.1, 0.15) is 11.5 Å². The van der Waals surface area contributed by atoms with E-state index in [0.717, 1.165) is 16.1 Å². The van der Waals surface area contributed by atoms with Gasteiger partial charge in [-0.1, -0.05) is 12.1 Å². The van der Waals surface area contributed by atoms with Crippen molar-refractivity contribution in [3.8, 4) is 17.6 Å². The normalized spacial score (nSPS) is 10.0. The Hall–Kier alpha value is -2.65. The van der Waals surface area contributed by atoms with Crippen LogP contribution in [0.15, 0.2) is 47.4 Å². The monoisotopic (exact) mass is 370 g/mol. The molecule has 1 N–H and O–H groups in total. The first-order valence-corrected chi connectivity index (χ1v) is 9.25. The van der Waals surface area contributed by atoms with Gasteiger partial charge in [0, 0.05) is 29.6 Å². The molecule has 5 nitrogen and oxygen atoms in total. The van der Waals surface area contributed by atoms with Crippen molar-refractivity contribution >= 4 is 23.4 Å². The van der Waals surface area contributed by atoms with Gasteiger partial charge in [0.2, 0.25) is 5.91 Å². The summed E-state index contributed by atoms with van der Waals surface area (Å²) >= 11 is 1.57. The Labute approximate surface area is 158 Å². The molecule has 2 aromatic rings. The van der Waals surface area contributed by atoms with E-state index in [2.05, 4.69) is 11.4 Å².